The van der Waals surface area contributed by atoms with Crippen molar-refractivity contribution in [2.45, 2.75) is 43.9 Å². The molecule has 0 amide bonds. The molecule has 1 aromatic carbocycles. The summed E-state index contributed by atoms with van der Waals surface area (Å²) >= 11 is 2.07. The summed E-state index contributed by atoms with van der Waals surface area (Å²) in [5, 5.41) is 4.33. The van der Waals surface area contributed by atoms with Gasteiger partial charge in [0, 0.05) is 11.3 Å². The summed E-state index contributed by atoms with van der Waals surface area (Å²) in [5.41, 5.74) is 1.11. The lowest BCUT2D eigenvalue weighted by Gasteiger charge is -2.24. The molecule has 1 saturated heterocycles. The summed E-state index contributed by atoms with van der Waals surface area (Å²) in [6.07, 6.45) is 4.70. The van der Waals surface area contributed by atoms with Crippen LogP contribution in [0.25, 0.3) is 0 Å². The quantitative estimate of drug-likeness (QED) is 0.844. The van der Waals surface area contributed by atoms with E-state index in [2.05, 4.69) is 24.0 Å². The van der Waals surface area contributed by atoms with Gasteiger partial charge in [0.1, 0.15) is 5.82 Å². The molecule has 1 nitrogen and oxygen atoms in total. The lowest BCUT2D eigenvalue weighted by atomic mass is 10.0. The van der Waals surface area contributed by atoms with Gasteiger partial charge in [0.15, 0.2) is 0 Å². The Morgan fingerprint density at radius 3 is 3.06 bits per heavy atom. The predicted octanol–water partition coefficient (Wildman–Crippen LogP) is 3.63. The fourth-order valence-corrected chi connectivity index (χ4v) is 3.90. The minimum Gasteiger partial charge on any atom is -0.313 e. The summed E-state index contributed by atoms with van der Waals surface area (Å²) in [7, 11) is 0. The Balaban J connectivity index is 1.99. The summed E-state index contributed by atoms with van der Waals surface area (Å²) in [6, 6.07) is 7.51. The Bertz CT molecular complexity index is 363. The smallest absolute Gasteiger partial charge is 0.123 e. The van der Waals surface area contributed by atoms with Crippen LogP contribution < -0.4 is 5.32 Å². The molecule has 1 heterocycles. The second kappa shape index (κ2) is 7.15. The molecule has 2 atom stereocenters. The van der Waals surface area contributed by atoms with E-state index in [4.69, 9.17) is 0 Å². The van der Waals surface area contributed by atoms with E-state index in [1.165, 1.54) is 24.7 Å². The van der Waals surface area contributed by atoms with Gasteiger partial charge >= 0.3 is 0 Å². The average Bonchev–Trinajstić information content (AvgIpc) is 2.88. The van der Waals surface area contributed by atoms with Crippen molar-refractivity contribution in [3.05, 3.63) is 35.6 Å². The molecule has 1 aromatic rings. The Hall–Kier alpha value is -0.540. The number of thioether (sulfide) groups is 1. The number of nitrogens with one attached hydrogen (secondary N) is 1. The SMILES string of the molecule is CCCNC(Cc1cccc(F)c1)C1CCCS1. The first-order valence-corrected chi connectivity index (χ1v) is 7.94. The highest BCUT2D eigenvalue weighted by atomic mass is 32.2. The fraction of sp³-hybridized carbons (Fsp3) is 0.600. The molecule has 100 valence electrons. The molecule has 3 heteroatoms. The van der Waals surface area contributed by atoms with E-state index in [1.54, 1.807) is 6.07 Å². The van der Waals surface area contributed by atoms with Crippen molar-refractivity contribution in [1.29, 1.82) is 0 Å². The molecular weight excluding hydrogens is 245 g/mol. The second-order valence-corrected chi connectivity index (χ2v) is 6.29. The first kappa shape index (κ1) is 13.9. The van der Waals surface area contributed by atoms with Gasteiger partial charge in [-0.15, -0.1) is 0 Å². The maximum atomic E-state index is 13.2. The predicted molar refractivity (Wildman–Crippen MR) is 77.7 cm³/mol. The molecule has 1 aliphatic heterocycles. The maximum Gasteiger partial charge on any atom is 0.123 e. The molecule has 1 aliphatic rings. The van der Waals surface area contributed by atoms with Crippen molar-refractivity contribution in [3.8, 4) is 0 Å². The lowest BCUT2D eigenvalue weighted by molar-refractivity contribution is 0.481. The van der Waals surface area contributed by atoms with Crippen LogP contribution in [0.2, 0.25) is 0 Å². The van der Waals surface area contributed by atoms with Gasteiger partial charge in [-0.2, -0.15) is 11.8 Å². The van der Waals surface area contributed by atoms with Crippen molar-refractivity contribution in [2.75, 3.05) is 12.3 Å². The number of hydrogen-bond acceptors (Lipinski definition) is 2. The molecule has 0 bridgehead atoms. The van der Waals surface area contributed by atoms with Crippen molar-refractivity contribution in [3.63, 3.8) is 0 Å². The molecule has 18 heavy (non-hydrogen) atoms. The fourth-order valence-electron chi connectivity index (χ4n) is 2.50. The Morgan fingerprint density at radius 2 is 2.39 bits per heavy atom. The van der Waals surface area contributed by atoms with Gasteiger partial charge in [0.05, 0.1) is 0 Å². The van der Waals surface area contributed by atoms with Crippen LogP contribution in [0.3, 0.4) is 0 Å². The summed E-state index contributed by atoms with van der Waals surface area (Å²) in [6.45, 7) is 3.24. The first-order chi connectivity index (χ1) is 8.79. The van der Waals surface area contributed by atoms with Crippen LogP contribution in [0.1, 0.15) is 31.7 Å². The van der Waals surface area contributed by atoms with Gasteiger partial charge < -0.3 is 5.32 Å². The van der Waals surface area contributed by atoms with E-state index in [-0.39, 0.29) is 5.82 Å². The summed E-state index contributed by atoms with van der Waals surface area (Å²) in [4.78, 5) is 0. The number of rotatable bonds is 6. The monoisotopic (exact) mass is 267 g/mol. The van der Waals surface area contributed by atoms with E-state index >= 15 is 0 Å². The van der Waals surface area contributed by atoms with Gasteiger partial charge in [-0.1, -0.05) is 19.1 Å². The van der Waals surface area contributed by atoms with Gasteiger partial charge in [0.25, 0.3) is 0 Å². The topological polar surface area (TPSA) is 12.0 Å². The molecule has 1 N–H and O–H groups in total. The van der Waals surface area contributed by atoms with Crippen molar-refractivity contribution >= 4 is 11.8 Å². The van der Waals surface area contributed by atoms with Crippen LogP contribution in [0, 0.1) is 5.82 Å². The third-order valence-electron chi connectivity index (χ3n) is 3.41. The van der Waals surface area contributed by atoms with Crippen molar-refractivity contribution in [1.82, 2.24) is 5.32 Å². The minimum atomic E-state index is -0.124. The molecule has 0 aliphatic carbocycles. The molecule has 0 saturated carbocycles. The van der Waals surface area contributed by atoms with Crippen LogP contribution in [0.5, 0.6) is 0 Å². The van der Waals surface area contributed by atoms with Gasteiger partial charge in [0.2, 0.25) is 0 Å². The molecule has 0 radical (unpaired) electrons. The Morgan fingerprint density at radius 1 is 1.50 bits per heavy atom. The molecule has 2 rings (SSSR count). The van der Waals surface area contributed by atoms with E-state index in [1.807, 2.05) is 12.1 Å². The molecule has 0 aromatic heterocycles. The van der Waals surface area contributed by atoms with Crippen molar-refractivity contribution in [2.24, 2.45) is 0 Å². The zero-order valence-electron chi connectivity index (χ0n) is 11.0. The third-order valence-corrected chi connectivity index (χ3v) is 4.93. The van der Waals surface area contributed by atoms with E-state index in [0.29, 0.717) is 11.3 Å². The van der Waals surface area contributed by atoms with Gasteiger partial charge in [-0.3, -0.25) is 0 Å². The van der Waals surface area contributed by atoms with Crippen LogP contribution in [-0.4, -0.2) is 23.6 Å². The highest BCUT2D eigenvalue weighted by Gasteiger charge is 2.25. The lowest BCUT2D eigenvalue weighted by Crippen LogP contribution is -2.39. The zero-order valence-corrected chi connectivity index (χ0v) is 11.8. The highest BCUT2D eigenvalue weighted by Crippen LogP contribution is 2.30. The van der Waals surface area contributed by atoms with E-state index in [9.17, 15) is 4.39 Å². The Labute approximate surface area is 114 Å². The normalized spacial score (nSPS) is 21.1. The van der Waals surface area contributed by atoms with Crippen LogP contribution >= 0.6 is 11.8 Å². The highest BCUT2D eigenvalue weighted by molar-refractivity contribution is 8.00. The van der Waals surface area contributed by atoms with Crippen LogP contribution in [0.4, 0.5) is 4.39 Å². The number of benzene rings is 1. The van der Waals surface area contributed by atoms with E-state index in [0.717, 1.165) is 24.9 Å². The second-order valence-electron chi connectivity index (χ2n) is 4.95. The maximum absolute atomic E-state index is 13.2. The number of halogens is 1. The molecule has 0 spiro atoms. The summed E-state index contributed by atoms with van der Waals surface area (Å²) in [5.74, 6) is 1.15. The van der Waals surface area contributed by atoms with Gasteiger partial charge in [-0.25, -0.2) is 4.39 Å². The van der Waals surface area contributed by atoms with Crippen molar-refractivity contribution < 1.29 is 4.39 Å². The zero-order chi connectivity index (χ0) is 12.8. The standard InChI is InChI=1S/C15H22FNS/c1-2-8-17-14(15-7-4-9-18-15)11-12-5-3-6-13(16)10-12/h3,5-6,10,14-15,17H,2,4,7-9,11H2,1H3. The average molecular weight is 267 g/mol. The minimum absolute atomic E-state index is 0.124. The first-order valence-electron chi connectivity index (χ1n) is 6.89. The largest absolute Gasteiger partial charge is 0.313 e. The summed E-state index contributed by atoms with van der Waals surface area (Å²) < 4.78 is 13.2. The molecule has 2 unspecified atom stereocenters. The van der Waals surface area contributed by atoms with Crippen LogP contribution in [-0.2, 0) is 6.42 Å². The molecule has 1 fully saturated rings. The van der Waals surface area contributed by atoms with Crippen LogP contribution in [0.15, 0.2) is 24.3 Å². The third kappa shape index (κ3) is 3.99. The van der Waals surface area contributed by atoms with E-state index < -0.39 is 0 Å². The Kier molecular flexibility index (Phi) is 5.51. The number of hydrogen-bond donors (Lipinski definition) is 1. The van der Waals surface area contributed by atoms with Gasteiger partial charge in [-0.05, 0) is 55.7 Å². The molecular formula is C15H22FNS.